The first-order chi connectivity index (χ1) is 6.00. The molecule has 1 rings (SSSR count). The van der Waals surface area contributed by atoms with Crippen LogP contribution in [0.4, 0.5) is 5.69 Å². The number of rotatable bonds is 1. The van der Waals surface area contributed by atoms with Gasteiger partial charge in [0.05, 0.1) is 0 Å². The van der Waals surface area contributed by atoms with E-state index in [1.807, 2.05) is 19.9 Å². The van der Waals surface area contributed by atoms with Crippen molar-refractivity contribution in [3.8, 4) is 0 Å². The number of amides is 1. The van der Waals surface area contributed by atoms with Crippen molar-refractivity contribution in [3.63, 3.8) is 0 Å². The summed E-state index contributed by atoms with van der Waals surface area (Å²) >= 11 is 5.92. The predicted molar refractivity (Wildman–Crippen MR) is 55.2 cm³/mol. The van der Waals surface area contributed by atoms with Crippen molar-refractivity contribution in [1.29, 1.82) is 0 Å². The fourth-order valence-corrected chi connectivity index (χ4v) is 1.31. The van der Waals surface area contributed by atoms with Gasteiger partial charge in [-0.25, -0.2) is 0 Å². The summed E-state index contributed by atoms with van der Waals surface area (Å²) in [7, 11) is 0. The van der Waals surface area contributed by atoms with Gasteiger partial charge in [0.15, 0.2) is 0 Å². The molecule has 0 aliphatic heterocycles. The molecule has 0 aliphatic rings. The first-order valence-electron chi connectivity index (χ1n) is 4.05. The Kier molecular flexibility index (Phi) is 2.94. The van der Waals surface area contributed by atoms with Gasteiger partial charge in [0.1, 0.15) is 0 Å². The molecule has 2 nitrogen and oxygen atoms in total. The van der Waals surface area contributed by atoms with Gasteiger partial charge in [0, 0.05) is 17.6 Å². The zero-order chi connectivity index (χ0) is 10.0. The van der Waals surface area contributed by atoms with E-state index < -0.39 is 0 Å². The van der Waals surface area contributed by atoms with Crippen LogP contribution in [0.15, 0.2) is 12.1 Å². The maximum atomic E-state index is 10.8. The van der Waals surface area contributed by atoms with E-state index in [1.165, 1.54) is 6.92 Å². The molecule has 0 radical (unpaired) electrons. The molecule has 0 aromatic heterocycles. The molecule has 0 fully saturated rings. The van der Waals surface area contributed by atoms with Gasteiger partial charge in [-0.3, -0.25) is 4.79 Å². The third-order valence-electron chi connectivity index (χ3n) is 1.82. The summed E-state index contributed by atoms with van der Waals surface area (Å²) in [5.41, 5.74) is 2.83. The minimum absolute atomic E-state index is 0.0805. The van der Waals surface area contributed by atoms with E-state index in [0.29, 0.717) is 5.02 Å². The van der Waals surface area contributed by atoms with E-state index in [2.05, 4.69) is 5.32 Å². The summed E-state index contributed by atoms with van der Waals surface area (Å²) < 4.78 is 0. The number of benzene rings is 1. The number of hydrogen-bond acceptors (Lipinski definition) is 1. The standard InChI is InChI=1S/C10H12ClNO/c1-6-4-7(2)10(5-9(6)11)12-8(3)13/h4-5H,1-3H3,(H,12,13). The van der Waals surface area contributed by atoms with E-state index in [-0.39, 0.29) is 5.91 Å². The third-order valence-corrected chi connectivity index (χ3v) is 2.22. The van der Waals surface area contributed by atoms with E-state index in [4.69, 9.17) is 11.6 Å². The van der Waals surface area contributed by atoms with Crippen molar-refractivity contribution in [2.45, 2.75) is 20.8 Å². The topological polar surface area (TPSA) is 29.1 Å². The second-order valence-electron chi connectivity index (χ2n) is 3.10. The van der Waals surface area contributed by atoms with Crippen LogP contribution in [0.2, 0.25) is 5.02 Å². The SMILES string of the molecule is CC(=O)Nc1cc(Cl)c(C)cc1C. The molecular weight excluding hydrogens is 186 g/mol. The van der Waals surface area contributed by atoms with E-state index in [1.54, 1.807) is 6.07 Å². The van der Waals surface area contributed by atoms with Gasteiger partial charge in [-0.05, 0) is 31.0 Å². The van der Waals surface area contributed by atoms with Crippen LogP contribution in [0.5, 0.6) is 0 Å². The fraction of sp³-hybridized carbons (Fsp3) is 0.300. The number of nitrogens with one attached hydrogen (secondary N) is 1. The zero-order valence-electron chi connectivity index (χ0n) is 7.94. The molecule has 0 unspecified atom stereocenters. The van der Waals surface area contributed by atoms with Crippen molar-refractivity contribution in [2.24, 2.45) is 0 Å². The number of carbonyl (C=O) groups excluding carboxylic acids is 1. The molecule has 3 heteroatoms. The van der Waals surface area contributed by atoms with Crippen LogP contribution in [0.1, 0.15) is 18.1 Å². The Morgan fingerprint density at radius 2 is 1.92 bits per heavy atom. The Balaban J connectivity index is 3.08. The highest BCUT2D eigenvalue weighted by molar-refractivity contribution is 6.31. The van der Waals surface area contributed by atoms with Crippen LogP contribution >= 0.6 is 11.6 Å². The summed E-state index contributed by atoms with van der Waals surface area (Å²) in [5.74, 6) is -0.0805. The highest BCUT2D eigenvalue weighted by atomic mass is 35.5. The van der Waals surface area contributed by atoms with Crippen molar-refractivity contribution >= 4 is 23.2 Å². The molecular formula is C10H12ClNO. The molecule has 13 heavy (non-hydrogen) atoms. The molecule has 0 atom stereocenters. The summed E-state index contributed by atoms with van der Waals surface area (Å²) in [5, 5.41) is 3.39. The van der Waals surface area contributed by atoms with Crippen molar-refractivity contribution in [1.82, 2.24) is 0 Å². The van der Waals surface area contributed by atoms with Gasteiger partial charge >= 0.3 is 0 Å². The van der Waals surface area contributed by atoms with E-state index >= 15 is 0 Å². The summed E-state index contributed by atoms with van der Waals surface area (Å²) in [6, 6.07) is 3.72. The molecule has 0 heterocycles. The predicted octanol–water partition coefficient (Wildman–Crippen LogP) is 2.92. The largest absolute Gasteiger partial charge is 0.326 e. The molecule has 0 spiro atoms. The van der Waals surface area contributed by atoms with Gasteiger partial charge in [0.2, 0.25) is 5.91 Å². The van der Waals surface area contributed by atoms with Crippen LogP contribution in [-0.2, 0) is 4.79 Å². The van der Waals surface area contributed by atoms with Crippen LogP contribution in [0.3, 0.4) is 0 Å². The second kappa shape index (κ2) is 3.79. The van der Waals surface area contributed by atoms with Crippen molar-refractivity contribution in [2.75, 3.05) is 5.32 Å². The maximum Gasteiger partial charge on any atom is 0.221 e. The second-order valence-corrected chi connectivity index (χ2v) is 3.50. The lowest BCUT2D eigenvalue weighted by Gasteiger charge is -2.08. The number of halogens is 1. The van der Waals surface area contributed by atoms with Crippen LogP contribution < -0.4 is 5.32 Å². The summed E-state index contributed by atoms with van der Waals surface area (Å²) in [6.07, 6.45) is 0. The number of carbonyl (C=O) groups is 1. The smallest absolute Gasteiger partial charge is 0.221 e. The molecule has 0 saturated carbocycles. The molecule has 0 bridgehead atoms. The lowest BCUT2D eigenvalue weighted by Crippen LogP contribution is -2.07. The minimum atomic E-state index is -0.0805. The van der Waals surface area contributed by atoms with E-state index in [9.17, 15) is 4.79 Å². The molecule has 0 saturated heterocycles. The average Bonchev–Trinajstić information content (AvgIpc) is 1.99. The maximum absolute atomic E-state index is 10.8. The highest BCUT2D eigenvalue weighted by Crippen LogP contribution is 2.24. The lowest BCUT2D eigenvalue weighted by atomic mass is 10.1. The van der Waals surface area contributed by atoms with Crippen LogP contribution in [-0.4, -0.2) is 5.91 Å². The monoisotopic (exact) mass is 197 g/mol. The molecule has 70 valence electrons. The minimum Gasteiger partial charge on any atom is -0.326 e. The number of aryl methyl sites for hydroxylation is 2. The Morgan fingerprint density at radius 1 is 1.31 bits per heavy atom. The summed E-state index contributed by atoms with van der Waals surface area (Å²) in [4.78, 5) is 10.8. The zero-order valence-corrected chi connectivity index (χ0v) is 8.70. The molecule has 1 aromatic rings. The van der Waals surface area contributed by atoms with E-state index in [0.717, 1.165) is 16.8 Å². The van der Waals surface area contributed by atoms with Gasteiger partial charge in [-0.1, -0.05) is 17.7 Å². The average molecular weight is 198 g/mol. The third kappa shape index (κ3) is 2.46. The lowest BCUT2D eigenvalue weighted by molar-refractivity contribution is -0.114. The van der Waals surface area contributed by atoms with Gasteiger partial charge in [0.25, 0.3) is 0 Å². The fourth-order valence-electron chi connectivity index (χ4n) is 1.15. The first-order valence-corrected chi connectivity index (χ1v) is 4.43. The quantitative estimate of drug-likeness (QED) is 0.737. The molecule has 0 aliphatic carbocycles. The number of anilines is 1. The highest BCUT2D eigenvalue weighted by Gasteiger charge is 2.03. The van der Waals surface area contributed by atoms with Gasteiger partial charge < -0.3 is 5.32 Å². The first kappa shape index (κ1) is 10.1. The Labute approximate surface area is 82.9 Å². The van der Waals surface area contributed by atoms with Crippen LogP contribution in [0, 0.1) is 13.8 Å². The normalized spacial score (nSPS) is 9.85. The Hall–Kier alpha value is -1.02. The molecule has 1 amide bonds. The molecule has 1 aromatic carbocycles. The summed E-state index contributed by atoms with van der Waals surface area (Å²) in [6.45, 7) is 5.36. The number of hydrogen-bond donors (Lipinski definition) is 1. The Morgan fingerprint density at radius 3 is 2.46 bits per heavy atom. The van der Waals surface area contributed by atoms with Gasteiger partial charge in [-0.15, -0.1) is 0 Å². The Bertz CT molecular complexity index is 347. The van der Waals surface area contributed by atoms with Gasteiger partial charge in [-0.2, -0.15) is 0 Å². The van der Waals surface area contributed by atoms with Crippen molar-refractivity contribution in [3.05, 3.63) is 28.3 Å². The van der Waals surface area contributed by atoms with Crippen LogP contribution in [0.25, 0.3) is 0 Å². The van der Waals surface area contributed by atoms with Crippen molar-refractivity contribution < 1.29 is 4.79 Å². The molecule has 1 N–H and O–H groups in total.